The summed E-state index contributed by atoms with van der Waals surface area (Å²) in [6.45, 7) is 3.41. The number of rotatable bonds is 6. The summed E-state index contributed by atoms with van der Waals surface area (Å²) in [5, 5.41) is 0.650. The van der Waals surface area contributed by atoms with E-state index in [1.165, 1.54) is 6.07 Å². The van der Waals surface area contributed by atoms with E-state index in [1.807, 2.05) is 65.7 Å². The fourth-order valence-corrected chi connectivity index (χ4v) is 4.01. The van der Waals surface area contributed by atoms with Gasteiger partial charge in [-0.15, -0.1) is 0 Å². The molecular formula is C24H22ClFN4S. The fraction of sp³-hybridized carbons (Fsp3) is 0.167. The van der Waals surface area contributed by atoms with E-state index in [9.17, 15) is 4.39 Å². The number of aryl methyl sites for hydroxylation is 1. The second-order valence-electron chi connectivity index (χ2n) is 7.39. The Balaban J connectivity index is 1.76. The summed E-state index contributed by atoms with van der Waals surface area (Å²) >= 11 is 11.9. The van der Waals surface area contributed by atoms with E-state index in [0.29, 0.717) is 16.3 Å². The van der Waals surface area contributed by atoms with Crippen LogP contribution in [0.15, 0.2) is 73.2 Å². The van der Waals surface area contributed by atoms with E-state index in [2.05, 4.69) is 9.88 Å². The molecule has 2 aromatic heterocycles. The van der Waals surface area contributed by atoms with Crippen LogP contribution >= 0.6 is 23.8 Å². The van der Waals surface area contributed by atoms with Crippen molar-refractivity contribution in [2.45, 2.75) is 13.5 Å². The number of anilines is 1. The number of aromatic nitrogens is 3. The van der Waals surface area contributed by atoms with Crippen LogP contribution in [0.4, 0.5) is 10.1 Å². The molecule has 2 aromatic carbocycles. The first-order chi connectivity index (χ1) is 14.9. The molecule has 0 aliphatic rings. The van der Waals surface area contributed by atoms with Crippen LogP contribution in [0, 0.1) is 17.5 Å². The molecule has 0 unspecified atom stereocenters. The summed E-state index contributed by atoms with van der Waals surface area (Å²) in [6, 6.07) is 16.3. The van der Waals surface area contributed by atoms with Gasteiger partial charge < -0.3 is 9.47 Å². The van der Waals surface area contributed by atoms with Crippen molar-refractivity contribution in [3.63, 3.8) is 0 Å². The molecule has 0 aliphatic carbocycles. The predicted molar refractivity (Wildman–Crippen MR) is 127 cm³/mol. The van der Waals surface area contributed by atoms with Crippen LogP contribution in [0.3, 0.4) is 0 Å². The number of benzene rings is 2. The molecule has 31 heavy (non-hydrogen) atoms. The van der Waals surface area contributed by atoms with Crippen LogP contribution in [-0.2, 0) is 6.54 Å². The number of hydrogen-bond acceptors (Lipinski definition) is 3. The zero-order chi connectivity index (χ0) is 22.0. The maximum absolute atomic E-state index is 14.1. The molecule has 0 bridgehead atoms. The molecule has 0 spiro atoms. The van der Waals surface area contributed by atoms with Gasteiger partial charge in [-0.05, 0) is 73.2 Å². The molecule has 0 saturated heterocycles. The number of likely N-dealkylation sites (N-methyl/N-ethyl adjacent to an activating group) is 1. The van der Waals surface area contributed by atoms with Crippen molar-refractivity contribution >= 4 is 29.5 Å². The van der Waals surface area contributed by atoms with Crippen molar-refractivity contribution in [2.24, 2.45) is 0 Å². The topological polar surface area (TPSA) is 26.0 Å². The van der Waals surface area contributed by atoms with Crippen LogP contribution in [0.1, 0.15) is 5.56 Å². The number of imidazole rings is 1. The first-order valence-corrected chi connectivity index (χ1v) is 10.7. The molecule has 7 heteroatoms. The summed E-state index contributed by atoms with van der Waals surface area (Å²) < 4.78 is 18.7. The lowest BCUT2D eigenvalue weighted by Crippen LogP contribution is -2.22. The third-order valence-electron chi connectivity index (χ3n) is 5.30. The summed E-state index contributed by atoms with van der Waals surface area (Å²) in [6.07, 6.45) is 5.55. The van der Waals surface area contributed by atoms with E-state index < -0.39 is 0 Å². The number of pyridine rings is 1. The second kappa shape index (κ2) is 9.04. The quantitative estimate of drug-likeness (QED) is 0.321. The zero-order valence-corrected chi connectivity index (χ0v) is 18.9. The van der Waals surface area contributed by atoms with Crippen molar-refractivity contribution in [2.75, 3.05) is 18.5 Å². The second-order valence-corrected chi connectivity index (χ2v) is 8.19. The molecule has 0 radical (unpaired) electrons. The lowest BCUT2D eigenvalue weighted by molar-refractivity contribution is 0.628. The molecule has 2 heterocycles. The maximum Gasteiger partial charge on any atom is 0.185 e. The molecule has 0 aliphatic heterocycles. The number of halogens is 2. The SMILES string of the molecule is Cc1ccc(F)cc1-c1cn(CCN(C)c2ccncc2)c(=S)n1-c1ccc(Cl)cc1. The van der Waals surface area contributed by atoms with E-state index in [-0.39, 0.29) is 5.82 Å². The van der Waals surface area contributed by atoms with Gasteiger partial charge in [0.05, 0.1) is 5.69 Å². The molecule has 0 fully saturated rings. The summed E-state index contributed by atoms with van der Waals surface area (Å²) in [4.78, 5) is 6.22. The van der Waals surface area contributed by atoms with Gasteiger partial charge in [-0.3, -0.25) is 9.55 Å². The molecular weight excluding hydrogens is 431 g/mol. The normalized spacial score (nSPS) is 11.0. The molecule has 158 valence electrons. The molecule has 4 nitrogen and oxygen atoms in total. The van der Waals surface area contributed by atoms with Gasteiger partial charge in [0.1, 0.15) is 5.82 Å². The third-order valence-corrected chi connectivity index (χ3v) is 5.97. The minimum absolute atomic E-state index is 0.278. The lowest BCUT2D eigenvalue weighted by atomic mass is 10.1. The largest absolute Gasteiger partial charge is 0.373 e. The smallest absolute Gasteiger partial charge is 0.185 e. The molecule has 0 saturated carbocycles. The van der Waals surface area contributed by atoms with Gasteiger partial charge in [0.25, 0.3) is 0 Å². The highest BCUT2D eigenvalue weighted by Crippen LogP contribution is 2.29. The van der Waals surface area contributed by atoms with Crippen LogP contribution in [0.25, 0.3) is 16.9 Å². The molecule has 0 amide bonds. The third kappa shape index (κ3) is 4.55. The van der Waals surface area contributed by atoms with Gasteiger partial charge in [-0.25, -0.2) is 4.39 Å². The first kappa shape index (κ1) is 21.3. The fourth-order valence-electron chi connectivity index (χ4n) is 3.54. The van der Waals surface area contributed by atoms with Gasteiger partial charge in [-0.2, -0.15) is 0 Å². The van der Waals surface area contributed by atoms with Gasteiger partial charge in [0, 0.05) is 60.7 Å². The minimum atomic E-state index is -0.278. The summed E-state index contributed by atoms with van der Waals surface area (Å²) in [5.74, 6) is -0.278. The predicted octanol–water partition coefficient (Wildman–Crippen LogP) is 6.31. The Morgan fingerprint density at radius 2 is 1.77 bits per heavy atom. The average molecular weight is 453 g/mol. The van der Waals surface area contributed by atoms with Crippen LogP contribution < -0.4 is 4.90 Å². The van der Waals surface area contributed by atoms with Crippen LogP contribution in [-0.4, -0.2) is 27.7 Å². The monoisotopic (exact) mass is 452 g/mol. The first-order valence-electron chi connectivity index (χ1n) is 9.90. The van der Waals surface area contributed by atoms with Gasteiger partial charge >= 0.3 is 0 Å². The Kier molecular flexibility index (Phi) is 6.20. The highest BCUT2D eigenvalue weighted by atomic mass is 35.5. The number of nitrogens with zero attached hydrogens (tertiary/aromatic N) is 4. The van der Waals surface area contributed by atoms with Crippen molar-refractivity contribution in [3.8, 4) is 16.9 Å². The lowest BCUT2D eigenvalue weighted by Gasteiger charge is -2.19. The van der Waals surface area contributed by atoms with E-state index >= 15 is 0 Å². The summed E-state index contributed by atoms with van der Waals surface area (Å²) in [5.41, 5.74) is 4.59. The van der Waals surface area contributed by atoms with Gasteiger partial charge in [-0.1, -0.05) is 17.7 Å². The summed E-state index contributed by atoms with van der Waals surface area (Å²) in [7, 11) is 2.03. The number of hydrogen-bond donors (Lipinski definition) is 0. The molecule has 4 rings (SSSR count). The van der Waals surface area contributed by atoms with Crippen molar-refractivity contribution in [1.29, 1.82) is 0 Å². The Morgan fingerprint density at radius 1 is 1.06 bits per heavy atom. The van der Waals surface area contributed by atoms with Crippen molar-refractivity contribution in [3.05, 3.63) is 94.4 Å². The Hall–Kier alpha value is -2.96. The minimum Gasteiger partial charge on any atom is -0.373 e. The highest BCUT2D eigenvalue weighted by Gasteiger charge is 2.15. The van der Waals surface area contributed by atoms with E-state index in [0.717, 1.165) is 34.7 Å². The molecule has 4 aromatic rings. The van der Waals surface area contributed by atoms with E-state index in [1.54, 1.807) is 24.5 Å². The van der Waals surface area contributed by atoms with E-state index in [4.69, 9.17) is 23.8 Å². The molecule has 0 N–H and O–H groups in total. The standard InChI is InChI=1S/C24H22ClFN4S/c1-17-3-6-19(26)15-22(17)23-16-29(14-13-28(2)20-9-11-27-12-10-20)24(31)30(23)21-7-4-18(25)5-8-21/h3-12,15-16H,13-14H2,1-2H3. The van der Waals surface area contributed by atoms with Crippen molar-refractivity contribution in [1.82, 2.24) is 14.1 Å². The maximum atomic E-state index is 14.1. The zero-order valence-electron chi connectivity index (χ0n) is 17.3. The van der Waals surface area contributed by atoms with Crippen molar-refractivity contribution < 1.29 is 4.39 Å². The Morgan fingerprint density at radius 3 is 2.48 bits per heavy atom. The van der Waals surface area contributed by atoms with Crippen LogP contribution in [0.2, 0.25) is 5.02 Å². The average Bonchev–Trinajstić information content (AvgIpc) is 3.11. The molecule has 0 atom stereocenters. The van der Waals surface area contributed by atoms with Crippen LogP contribution in [0.5, 0.6) is 0 Å². The van der Waals surface area contributed by atoms with Gasteiger partial charge in [0.15, 0.2) is 4.77 Å². The Labute approximate surface area is 191 Å². The Bertz CT molecular complexity index is 1250. The van der Waals surface area contributed by atoms with Gasteiger partial charge in [0.2, 0.25) is 0 Å². The highest BCUT2D eigenvalue weighted by molar-refractivity contribution is 7.71.